The number of nitrogens with two attached hydrogens (primary N) is 1. The van der Waals surface area contributed by atoms with E-state index in [1.54, 1.807) is 35.3 Å². The topological polar surface area (TPSA) is 144 Å². The lowest BCUT2D eigenvalue weighted by Crippen LogP contribution is -2.20. The van der Waals surface area contributed by atoms with Gasteiger partial charge in [0.25, 0.3) is 5.91 Å². The number of unbranched alkanes of at least 4 members (excludes halogenated alkanes) is 3. The second-order valence-electron chi connectivity index (χ2n) is 8.64. The van der Waals surface area contributed by atoms with Crippen LogP contribution in [0.5, 0.6) is 0 Å². The molecule has 1 aliphatic rings. The number of ether oxygens (including phenoxy) is 2. The van der Waals surface area contributed by atoms with Gasteiger partial charge in [-0.25, -0.2) is 4.79 Å². The van der Waals surface area contributed by atoms with E-state index >= 15 is 0 Å². The highest BCUT2D eigenvalue weighted by Gasteiger charge is 2.24. The molecule has 0 spiro atoms. The molecule has 1 amide bonds. The van der Waals surface area contributed by atoms with E-state index in [4.69, 9.17) is 20.6 Å². The first-order chi connectivity index (χ1) is 17.6. The highest BCUT2D eigenvalue weighted by atomic mass is 16.5. The van der Waals surface area contributed by atoms with Crippen LogP contribution in [0.2, 0.25) is 0 Å². The number of methoxy groups -OCH3 is 1. The van der Waals surface area contributed by atoms with E-state index in [1.165, 1.54) is 13.3 Å². The summed E-state index contributed by atoms with van der Waals surface area (Å²) in [4.78, 5) is 25.4. The first kappa shape index (κ1) is 27.1. The Bertz CT molecular complexity index is 1060. The smallest absolute Gasteiger partial charge is 0.360 e. The molecule has 2 aromatic rings. The van der Waals surface area contributed by atoms with Crippen molar-refractivity contribution in [3.63, 3.8) is 0 Å². The van der Waals surface area contributed by atoms with E-state index in [1.807, 2.05) is 6.07 Å². The quantitative estimate of drug-likeness (QED) is 0.189. The normalized spacial score (nSPS) is 14.3. The Labute approximate surface area is 211 Å². The van der Waals surface area contributed by atoms with Crippen molar-refractivity contribution < 1.29 is 19.1 Å². The van der Waals surface area contributed by atoms with Crippen LogP contribution in [0.25, 0.3) is 5.57 Å². The summed E-state index contributed by atoms with van der Waals surface area (Å²) < 4.78 is 12.0. The largest absolute Gasteiger partial charge is 0.464 e. The molecular formula is C26H36N6O4. The Balaban J connectivity index is 1.70. The average molecular weight is 497 g/mol. The van der Waals surface area contributed by atoms with Gasteiger partial charge in [-0.15, -0.1) is 0 Å². The molecule has 0 unspecified atom stereocenters. The first-order valence-corrected chi connectivity index (χ1v) is 12.4. The number of hydrogen-bond donors (Lipinski definition) is 4. The Morgan fingerprint density at radius 1 is 1.22 bits per heavy atom. The lowest BCUT2D eigenvalue weighted by Gasteiger charge is -2.22. The molecule has 0 atom stereocenters. The van der Waals surface area contributed by atoms with Gasteiger partial charge < -0.3 is 31.3 Å². The number of carbonyl (C=O) groups excluding carboxylic acids is 2. The van der Waals surface area contributed by atoms with E-state index in [9.17, 15) is 9.59 Å². The maximum Gasteiger partial charge on any atom is 0.360 e. The number of benzene rings is 1. The summed E-state index contributed by atoms with van der Waals surface area (Å²) in [5, 5.41) is 18.2. The molecule has 10 heteroatoms. The second-order valence-corrected chi connectivity index (χ2v) is 8.64. The summed E-state index contributed by atoms with van der Waals surface area (Å²) in [6, 6.07) is 7.10. The number of nitrogens with zero attached hydrogens (tertiary/aromatic N) is 2. The number of carbonyl (C=O) groups is 2. The minimum atomic E-state index is -0.618. The van der Waals surface area contributed by atoms with Crippen molar-refractivity contribution in [3.8, 4) is 0 Å². The third-order valence-corrected chi connectivity index (χ3v) is 6.07. The van der Waals surface area contributed by atoms with Crippen molar-refractivity contribution in [2.45, 2.75) is 44.6 Å². The molecule has 36 heavy (non-hydrogen) atoms. The van der Waals surface area contributed by atoms with Crippen LogP contribution < -0.4 is 16.4 Å². The summed E-state index contributed by atoms with van der Waals surface area (Å²) in [6.45, 7) is 2.77. The number of allylic oxidation sites excluding steroid dienone is 1. The highest BCUT2D eigenvalue weighted by Crippen LogP contribution is 2.25. The molecule has 1 aromatic carbocycles. The van der Waals surface area contributed by atoms with Crippen LogP contribution in [0, 0.1) is 5.41 Å². The van der Waals surface area contributed by atoms with E-state index in [-0.39, 0.29) is 17.6 Å². The maximum absolute atomic E-state index is 13.1. The fraction of sp³-hybridized carbons (Fsp3) is 0.462. The number of rotatable bonds is 13. The number of nitrogens with one attached hydrogen (secondary N) is 3. The minimum Gasteiger partial charge on any atom is -0.464 e. The van der Waals surface area contributed by atoms with E-state index in [0.717, 1.165) is 57.2 Å². The molecule has 1 aliphatic heterocycles. The zero-order chi connectivity index (χ0) is 25.8. The third kappa shape index (κ3) is 7.50. The highest BCUT2D eigenvalue weighted by molar-refractivity contribution is 6.11. The van der Waals surface area contributed by atoms with Crippen molar-refractivity contribution in [2.24, 2.45) is 5.73 Å². The Morgan fingerprint density at radius 3 is 2.69 bits per heavy atom. The zero-order valence-corrected chi connectivity index (χ0v) is 20.8. The Kier molecular flexibility index (Phi) is 10.7. The van der Waals surface area contributed by atoms with Gasteiger partial charge in [0, 0.05) is 49.5 Å². The Morgan fingerprint density at radius 2 is 1.97 bits per heavy atom. The van der Waals surface area contributed by atoms with Gasteiger partial charge in [-0.3, -0.25) is 9.48 Å². The fourth-order valence-corrected chi connectivity index (χ4v) is 4.02. The molecule has 5 N–H and O–H groups in total. The van der Waals surface area contributed by atoms with E-state index in [2.05, 4.69) is 15.7 Å². The van der Waals surface area contributed by atoms with E-state index < -0.39 is 5.97 Å². The third-order valence-electron chi connectivity index (χ3n) is 6.07. The number of esters is 1. The monoisotopic (exact) mass is 496 g/mol. The van der Waals surface area contributed by atoms with Gasteiger partial charge in [-0.05, 0) is 49.9 Å². The average Bonchev–Trinajstić information content (AvgIpc) is 3.34. The lowest BCUT2D eigenvalue weighted by atomic mass is 10.0. The summed E-state index contributed by atoms with van der Waals surface area (Å²) in [5.41, 5.74) is 7.67. The number of amides is 1. The van der Waals surface area contributed by atoms with Crippen LogP contribution in [-0.2, 0) is 9.47 Å². The van der Waals surface area contributed by atoms with Gasteiger partial charge >= 0.3 is 5.97 Å². The summed E-state index contributed by atoms with van der Waals surface area (Å²) in [6.07, 6.45) is 10.5. The Hall–Kier alpha value is -3.50. The molecule has 1 saturated heterocycles. The van der Waals surface area contributed by atoms with Crippen LogP contribution in [0.4, 0.5) is 5.69 Å². The van der Waals surface area contributed by atoms with Gasteiger partial charge in [-0.2, -0.15) is 5.10 Å². The van der Waals surface area contributed by atoms with Crippen LogP contribution in [-0.4, -0.2) is 61.3 Å². The lowest BCUT2D eigenvalue weighted by molar-refractivity contribution is 0.0583. The van der Waals surface area contributed by atoms with Gasteiger partial charge in [0.1, 0.15) is 0 Å². The van der Waals surface area contributed by atoms with Crippen molar-refractivity contribution in [1.82, 2.24) is 15.1 Å². The van der Waals surface area contributed by atoms with Gasteiger partial charge in [-0.1, -0.05) is 25.0 Å². The van der Waals surface area contributed by atoms with Crippen LogP contribution in [0.3, 0.4) is 0 Å². The molecule has 194 valence electrons. The van der Waals surface area contributed by atoms with Crippen molar-refractivity contribution in [1.29, 1.82) is 5.41 Å². The molecule has 0 radical (unpaired) electrons. The standard InChI is InChI=1S/C26H36N6O4/c1-35-26(34)24-23(18-32(31-24)22-9-13-36-14-10-22)30-25(33)20-8-6-7-19(15-20)21(16-28)17-29-12-5-3-2-4-11-27/h6-8,15-18,22,28-29H,2-5,9-14,27H2,1H3,(H,30,33)/b21-17+,28-16?. The molecule has 0 bridgehead atoms. The summed E-state index contributed by atoms with van der Waals surface area (Å²) in [5.74, 6) is -1.00. The predicted molar refractivity (Wildman–Crippen MR) is 139 cm³/mol. The molecule has 1 fully saturated rings. The van der Waals surface area contributed by atoms with Crippen molar-refractivity contribution >= 4 is 29.4 Å². The number of aromatic nitrogens is 2. The van der Waals surface area contributed by atoms with Crippen LogP contribution in [0.1, 0.15) is 71.0 Å². The second kappa shape index (κ2) is 14.2. The zero-order valence-electron chi connectivity index (χ0n) is 20.8. The number of hydrogen-bond acceptors (Lipinski definition) is 8. The van der Waals surface area contributed by atoms with Crippen molar-refractivity contribution in [3.05, 3.63) is 53.5 Å². The maximum atomic E-state index is 13.1. The molecule has 10 nitrogen and oxygen atoms in total. The first-order valence-electron chi connectivity index (χ1n) is 12.4. The molecular weight excluding hydrogens is 460 g/mol. The predicted octanol–water partition coefficient (Wildman–Crippen LogP) is 3.37. The SMILES string of the molecule is COC(=O)c1nn(C2CCOCC2)cc1NC(=O)c1cccc(/C(C=N)=C/NCCCCCCN)c1. The van der Waals surface area contributed by atoms with Crippen LogP contribution in [0.15, 0.2) is 36.7 Å². The number of anilines is 1. The summed E-state index contributed by atoms with van der Waals surface area (Å²) in [7, 11) is 1.28. The summed E-state index contributed by atoms with van der Waals surface area (Å²) >= 11 is 0. The van der Waals surface area contributed by atoms with Gasteiger partial charge in [0.05, 0.1) is 18.8 Å². The fourth-order valence-electron chi connectivity index (χ4n) is 4.02. The molecule has 0 saturated carbocycles. The van der Waals surface area contributed by atoms with E-state index in [0.29, 0.717) is 30.0 Å². The molecule has 2 heterocycles. The molecule has 0 aliphatic carbocycles. The minimum absolute atomic E-state index is 0.0595. The van der Waals surface area contributed by atoms with Crippen LogP contribution >= 0.6 is 0 Å². The molecule has 3 rings (SSSR count). The molecule has 1 aromatic heterocycles. The van der Waals surface area contributed by atoms with Crippen molar-refractivity contribution in [2.75, 3.05) is 38.7 Å². The van der Waals surface area contributed by atoms with Gasteiger partial charge in [0.15, 0.2) is 5.69 Å². The van der Waals surface area contributed by atoms with Gasteiger partial charge in [0.2, 0.25) is 0 Å².